The minimum atomic E-state index is -1.60. The summed E-state index contributed by atoms with van der Waals surface area (Å²) in [5.74, 6) is -0.620. The Morgan fingerprint density at radius 1 is 1.47 bits per heavy atom. The first-order valence-electron chi connectivity index (χ1n) is 6.39. The summed E-state index contributed by atoms with van der Waals surface area (Å²) in [6.45, 7) is 3.92. The van der Waals surface area contributed by atoms with E-state index in [1.54, 1.807) is 18.2 Å². The summed E-state index contributed by atoms with van der Waals surface area (Å²) in [5.41, 5.74) is 4.54. The number of carbonyl (C=O) groups is 1. The zero-order valence-electron chi connectivity index (χ0n) is 11.1. The third kappa shape index (κ3) is 2.21. The van der Waals surface area contributed by atoms with Crippen molar-refractivity contribution in [3.8, 4) is 0 Å². The van der Waals surface area contributed by atoms with E-state index in [2.05, 4.69) is 4.98 Å². The average Bonchev–Trinajstić information content (AvgIpc) is 2.82. The van der Waals surface area contributed by atoms with E-state index in [0.717, 1.165) is 11.5 Å². The Morgan fingerprint density at radius 3 is 2.74 bits per heavy atom. The number of aromatic nitrogens is 1. The molecular weight excluding hydrogens is 244 g/mol. The van der Waals surface area contributed by atoms with Crippen LogP contribution in [-0.4, -0.2) is 16.0 Å². The van der Waals surface area contributed by atoms with Crippen LogP contribution in [0.15, 0.2) is 28.7 Å². The number of aliphatic hydroxyl groups is 1. The number of aryl methyl sites for hydroxylation is 2. The summed E-state index contributed by atoms with van der Waals surface area (Å²) in [4.78, 5) is 15.8. The normalized spacial score (nSPS) is 25.7. The van der Waals surface area contributed by atoms with Crippen molar-refractivity contribution in [3.05, 3.63) is 41.6 Å². The smallest absolute Gasteiger partial charge is 0.231 e. The Kier molecular flexibility index (Phi) is 3.57. The van der Waals surface area contributed by atoms with E-state index < -0.39 is 17.4 Å². The molecule has 0 spiro atoms. The van der Waals surface area contributed by atoms with E-state index in [9.17, 15) is 9.90 Å². The summed E-state index contributed by atoms with van der Waals surface area (Å²) in [6.07, 6.45) is 7.78. The van der Waals surface area contributed by atoms with Crippen LogP contribution in [-0.2, 0) is 23.2 Å². The van der Waals surface area contributed by atoms with Crippen LogP contribution in [0, 0.1) is 5.92 Å². The number of nitrogens with zero attached hydrogens (tertiary/aromatic N) is 1. The van der Waals surface area contributed by atoms with Gasteiger partial charge < -0.3 is 15.3 Å². The Morgan fingerprint density at radius 2 is 2.21 bits per heavy atom. The van der Waals surface area contributed by atoms with Crippen molar-refractivity contribution in [2.45, 2.75) is 32.3 Å². The lowest BCUT2D eigenvalue weighted by Crippen LogP contribution is -2.41. The van der Waals surface area contributed by atoms with Crippen molar-refractivity contribution in [1.29, 1.82) is 0 Å². The molecule has 0 aliphatic heterocycles. The predicted octanol–water partition coefficient (Wildman–Crippen LogP) is 1.21. The van der Waals surface area contributed by atoms with Crippen LogP contribution in [0.4, 0.5) is 0 Å². The molecule has 0 bridgehead atoms. The molecule has 1 aromatic rings. The highest BCUT2D eigenvalue weighted by Crippen LogP contribution is 2.35. The maximum absolute atomic E-state index is 11.5. The van der Waals surface area contributed by atoms with E-state index in [1.807, 2.05) is 13.8 Å². The van der Waals surface area contributed by atoms with Crippen LogP contribution in [0.2, 0.25) is 0 Å². The van der Waals surface area contributed by atoms with Crippen molar-refractivity contribution in [2.75, 3.05) is 0 Å². The topological polar surface area (TPSA) is 89.4 Å². The van der Waals surface area contributed by atoms with Crippen molar-refractivity contribution < 1.29 is 14.3 Å². The zero-order valence-corrected chi connectivity index (χ0v) is 11.1. The van der Waals surface area contributed by atoms with Crippen molar-refractivity contribution in [3.63, 3.8) is 0 Å². The Bertz CT molecular complexity index is 523. The van der Waals surface area contributed by atoms with E-state index in [4.69, 9.17) is 10.2 Å². The SMILES string of the molecule is CCc1nc(C2(O)C=CC=CC2C(N)=O)oc1CC. The van der Waals surface area contributed by atoms with Crippen LogP contribution in [0.1, 0.15) is 31.2 Å². The summed E-state index contributed by atoms with van der Waals surface area (Å²) in [5, 5.41) is 10.7. The highest BCUT2D eigenvalue weighted by atomic mass is 16.4. The van der Waals surface area contributed by atoms with Crippen LogP contribution in [0.5, 0.6) is 0 Å². The third-order valence-electron chi connectivity index (χ3n) is 3.32. The Balaban J connectivity index is 2.48. The lowest BCUT2D eigenvalue weighted by molar-refractivity contribution is -0.127. The maximum Gasteiger partial charge on any atom is 0.231 e. The molecule has 2 rings (SSSR count). The number of nitrogens with two attached hydrogens (primary N) is 1. The largest absolute Gasteiger partial charge is 0.442 e. The second-order valence-corrected chi connectivity index (χ2v) is 4.55. The fourth-order valence-corrected chi connectivity index (χ4v) is 2.25. The van der Waals surface area contributed by atoms with Crippen molar-refractivity contribution >= 4 is 5.91 Å². The van der Waals surface area contributed by atoms with Gasteiger partial charge in [0.15, 0.2) is 5.60 Å². The quantitative estimate of drug-likeness (QED) is 0.853. The van der Waals surface area contributed by atoms with Crippen LogP contribution in [0.3, 0.4) is 0 Å². The van der Waals surface area contributed by atoms with Crippen molar-refractivity contribution in [2.24, 2.45) is 11.7 Å². The number of allylic oxidation sites excluding steroid dienone is 2. The Hall–Kier alpha value is -1.88. The second-order valence-electron chi connectivity index (χ2n) is 4.55. The monoisotopic (exact) mass is 262 g/mol. The molecule has 19 heavy (non-hydrogen) atoms. The molecule has 2 atom stereocenters. The van der Waals surface area contributed by atoms with Gasteiger partial charge in [0, 0.05) is 6.42 Å². The van der Waals surface area contributed by atoms with Gasteiger partial charge in [-0.25, -0.2) is 4.98 Å². The van der Waals surface area contributed by atoms with Gasteiger partial charge in [-0.2, -0.15) is 0 Å². The van der Waals surface area contributed by atoms with Gasteiger partial charge in [-0.1, -0.05) is 32.1 Å². The second kappa shape index (κ2) is 5.01. The lowest BCUT2D eigenvalue weighted by Gasteiger charge is -2.28. The molecule has 2 unspecified atom stereocenters. The minimum absolute atomic E-state index is 0.130. The van der Waals surface area contributed by atoms with Gasteiger partial charge in [0.1, 0.15) is 5.76 Å². The van der Waals surface area contributed by atoms with E-state index in [1.165, 1.54) is 6.08 Å². The van der Waals surface area contributed by atoms with Gasteiger partial charge >= 0.3 is 0 Å². The van der Waals surface area contributed by atoms with E-state index in [0.29, 0.717) is 12.8 Å². The van der Waals surface area contributed by atoms with E-state index >= 15 is 0 Å². The number of rotatable bonds is 4. The molecule has 1 aromatic heterocycles. The van der Waals surface area contributed by atoms with Gasteiger partial charge in [0.25, 0.3) is 0 Å². The molecule has 0 saturated heterocycles. The van der Waals surface area contributed by atoms with Crippen LogP contribution in [0.25, 0.3) is 0 Å². The molecular formula is C14H18N2O3. The summed E-state index contributed by atoms with van der Waals surface area (Å²) in [7, 11) is 0. The predicted molar refractivity (Wildman–Crippen MR) is 70.1 cm³/mol. The summed E-state index contributed by atoms with van der Waals surface area (Å²) >= 11 is 0. The van der Waals surface area contributed by atoms with Crippen LogP contribution < -0.4 is 5.73 Å². The highest BCUT2D eigenvalue weighted by molar-refractivity contribution is 5.81. The number of primary amides is 1. The molecule has 1 amide bonds. The minimum Gasteiger partial charge on any atom is -0.442 e. The third-order valence-corrected chi connectivity index (χ3v) is 3.32. The fraction of sp³-hybridized carbons (Fsp3) is 0.429. The number of hydrogen-bond acceptors (Lipinski definition) is 4. The lowest BCUT2D eigenvalue weighted by atomic mass is 9.83. The molecule has 3 N–H and O–H groups in total. The maximum atomic E-state index is 11.5. The zero-order chi connectivity index (χ0) is 14.0. The summed E-state index contributed by atoms with van der Waals surface area (Å²) < 4.78 is 5.62. The number of carbonyl (C=O) groups excluding carboxylic acids is 1. The molecule has 5 heteroatoms. The van der Waals surface area contributed by atoms with Crippen LogP contribution >= 0.6 is 0 Å². The van der Waals surface area contributed by atoms with E-state index in [-0.39, 0.29) is 5.89 Å². The van der Waals surface area contributed by atoms with Gasteiger partial charge in [-0.3, -0.25) is 4.79 Å². The average molecular weight is 262 g/mol. The number of amides is 1. The molecule has 1 heterocycles. The molecule has 0 aromatic carbocycles. The Labute approximate surface area is 111 Å². The molecule has 0 radical (unpaired) electrons. The first kappa shape index (κ1) is 13.5. The van der Waals surface area contributed by atoms with Gasteiger partial charge in [0.2, 0.25) is 11.8 Å². The molecule has 1 aliphatic carbocycles. The molecule has 102 valence electrons. The molecule has 0 fully saturated rings. The molecule has 1 aliphatic rings. The molecule has 0 saturated carbocycles. The van der Waals surface area contributed by atoms with Crippen molar-refractivity contribution in [1.82, 2.24) is 4.98 Å². The first-order valence-corrected chi connectivity index (χ1v) is 6.39. The number of oxazole rings is 1. The number of hydrogen-bond donors (Lipinski definition) is 2. The fourth-order valence-electron chi connectivity index (χ4n) is 2.25. The van der Waals surface area contributed by atoms with Gasteiger partial charge in [-0.05, 0) is 12.5 Å². The highest BCUT2D eigenvalue weighted by Gasteiger charge is 2.44. The summed E-state index contributed by atoms with van der Waals surface area (Å²) in [6, 6.07) is 0. The first-order chi connectivity index (χ1) is 9.02. The molecule has 5 nitrogen and oxygen atoms in total. The standard InChI is InChI=1S/C14H18N2O3/c1-3-10-11(4-2)19-13(16-10)14(18)8-6-5-7-9(14)12(15)17/h5-9,18H,3-4H2,1-2H3,(H2,15,17). The van der Waals surface area contributed by atoms with Gasteiger partial charge in [-0.15, -0.1) is 0 Å². The van der Waals surface area contributed by atoms with Gasteiger partial charge in [0.05, 0.1) is 11.6 Å².